The van der Waals surface area contributed by atoms with Gasteiger partial charge in [0.25, 0.3) is 0 Å². The predicted octanol–water partition coefficient (Wildman–Crippen LogP) is 11.3. The molecule has 0 spiro atoms. The molecular weight excluding hydrogens is 820 g/mol. The Kier molecular flexibility index (Phi) is 9.68. The van der Waals surface area contributed by atoms with Gasteiger partial charge in [-0.3, -0.25) is 0 Å². The Labute approximate surface area is 367 Å². The number of carbonyl (C=O) groups excluding carboxylic acids is 2. The number of nitriles is 1. The first-order valence-corrected chi connectivity index (χ1v) is 19.5. The van der Waals surface area contributed by atoms with E-state index in [0.29, 0.717) is 77.6 Å². The molecule has 6 heterocycles. The fourth-order valence-electron chi connectivity index (χ4n) is 7.10. The summed E-state index contributed by atoms with van der Waals surface area (Å²) in [4.78, 5) is 39.6. The number of anilines is 4. The number of nitrogens with one attached hydrogen (secondary N) is 6. The number of alkyl halides is 3. The number of urea groups is 2. The van der Waals surface area contributed by atoms with Crippen molar-refractivity contribution in [1.82, 2.24) is 29.1 Å². The topological polar surface area (TPSA) is 173 Å². The highest BCUT2D eigenvalue weighted by Crippen LogP contribution is 2.31. The number of nitrogens with zero attached hydrogens (tertiary/aromatic N) is 5. The van der Waals surface area contributed by atoms with Crippen LogP contribution in [0.3, 0.4) is 0 Å². The van der Waals surface area contributed by atoms with Crippen LogP contribution in [0.4, 0.5) is 45.5 Å². The number of para-hydroxylation sites is 1. The van der Waals surface area contributed by atoms with Crippen molar-refractivity contribution < 1.29 is 28.2 Å². The van der Waals surface area contributed by atoms with Crippen LogP contribution in [0.2, 0.25) is 0 Å². The van der Waals surface area contributed by atoms with Gasteiger partial charge in [-0.2, -0.15) is 18.4 Å². The molecule has 0 fully saturated rings. The molecule has 0 aliphatic carbocycles. The van der Waals surface area contributed by atoms with Gasteiger partial charge in [0.2, 0.25) is 0 Å². The Morgan fingerprint density at radius 3 is 1.64 bits per heavy atom. The van der Waals surface area contributed by atoms with Gasteiger partial charge in [0.1, 0.15) is 17.4 Å². The molecule has 16 heteroatoms. The van der Waals surface area contributed by atoms with Crippen LogP contribution in [0.25, 0.3) is 43.9 Å². The van der Waals surface area contributed by atoms with Crippen molar-refractivity contribution in [3.63, 3.8) is 0 Å². The number of halogens is 3. The van der Waals surface area contributed by atoms with Gasteiger partial charge in [0.15, 0.2) is 0 Å². The van der Waals surface area contributed by atoms with Crippen molar-refractivity contribution in [3.05, 3.63) is 181 Å². The molecule has 4 aromatic carbocycles. The number of hydrogen-bond donors (Lipinski definition) is 6. The van der Waals surface area contributed by atoms with Crippen molar-refractivity contribution in [2.24, 2.45) is 0 Å². The standard InChI is InChI=1S/C24H18F3N5O.C24H18N6O/c25-24(26,27)16-6-8-17(9-7-16)30-23(33)31-20-4-1-5-21-19(20)10-12-32(21)14-15-13-29-22-18(15)3-2-11-28-22;25-13-16-5-1-2-7-20(16)28-24(31)29-21-8-3-9-22-19(21)10-12-30(22)15-17-14-27-23-18(17)6-4-11-26-23/h1-13H,14H2,(H,28,29)(H2,30,31,33);1-12,14H,15H2,(H,26,27)(H2,28,29,31)/i14D2;15D2. The maximum Gasteiger partial charge on any atom is 0.416 e. The highest BCUT2D eigenvalue weighted by Gasteiger charge is 2.30. The molecular formula is C48H36F3N11O2. The molecule has 316 valence electrons. The SMILES string of the molecule is [2H]C([2H])(c1c[nH]c2ncccc12)n1ccc2c(NC(=O)Nc3ccc(C(F)(F)F)cc3)cccc21.[2H]C([2H])(c1c[nH]c2ncccc12)n1ccc2c(NC(=O)Nc3ccccc3C#N)cccc21. The summed E-state index contributed by atoms with van der Waals surface area (Å²) in [5, 5.41) is 22.5. The van der Waals surface area contributed by atoms with Crippen LogP contribution in [0.5, 0.6) is 0 Å². The predicted molar refractivity (Wildman–Crippen MR) is 242 cm³/mol. The third kappa shape index (κ3) is 8.54. The lowest BCUT2D eigenvalue weighted by Gasteiger charge is -2.11. The maximum absolute atomic E-state index is 12.7. The zero-order valence-electron chi connectivity index (χ0n) is 37.2. The number of fused-ring (bicyclic) bond motifs is 4. The van der Waals surface area contributed by atoms with Crippen LogP contribution in [-0.4, -0.2) is 41.1 Å². The van der Waals surface area contributed by atoms with E-state index in [2.05, 4.69) is 41.2 Å². The minimum atomic E-state index is -4.46. The van der Waals surface area contributed by atoms with Gasteiger partial charge < -0.3 is 40.4 Å². The second-order valence-corrected chi connectivity index (χ2v) is 14.2. The minimum Gasteiger partial charge on any atom is -0.346 e. The monoisotopic (exact) mass is 859 g/mol. The van der Waals surface area contributed by atoms with Crippen molar-refractivity contribution in [2.45, 2.75) is 19.2 Å². The lowest BCUT2D eigenvalue weighted by molar-refractivity contribution is -0.137. The summed E-state index contributed by atoms with van der Waals surface area (Å²) in [5.41, 5.74) is 4.33. The number of hydrogen-bond acceptors (Lipinski definition) is 5. The summed E-state index contributed by atoms with van der Waals surface area (Å²) < 4.78 is 76.6. The molecule has 0 aliphatic rings. The summed E-state index contributed by atoms with van der Waals surface area (Å²) >= 11 is 0. The van der Waals surface area contributed by atoms with E-state index in [0.717, 1.165) is 12.1 Å². The van der Waals surface area contributed by atoms with Crippen LogP contribution in [-0.2, 0) is 19.2 Å². The third-order valence-corrected chi connectivity index (χ3v) is 10.1. The first-order valence-electron chi connectivity index (χ1n) is 21.5. The van der Waals surface area contributed by atoms with Gasteiger partial charge in [0.05, 0.1) is 44.7 Å². The highest BCUT2D eigenvalue weighted by molar-refractivity contribution is 6.07. The Hall–Kier alpha value is -8.84. The summed E-state index contributed by atoms with van der Waals surface area (Å²) in [6, 6.07) is 32.7. The number of aromatic amines is 2. The summed E-state index contributed by atoms with van der Waals surface area (Å²) in [6.45, 7) is -3.79. The fourth-order valence-corrected chi connectivity index (χ4v) is 7.10. The van der Waals surface area contributed by atoms with Gasteiger partial charge in [-0.15, -0.1) is 0 Å². The molecule has 0 saturated carbocycles. The van der Waals surface area contributed by atoms with Gasteiger partial charge in [0, 0.05) is 77.4 Å². The lowest BCUT2D eigenvalue weighted by atomic mass is 10.2. The number of carbonyl (C=O) groups is 2. The van der Waals surface area contributed by atoms with Crippen LogP contribution in [0, 0.1) is 11.3 Å². The van der Waals surface area contributed by atoms with Crippen molar-refractivity contribution in [1.29, 1.82) is 5.26 Å². The molecule has 0 atom stereocenters. The lowest BCUT2D eigenvalue weighted by Crippen LogP contribution is -2.20. The highest BCUT2D eigenvalue weighted by atomic mass is 19.4. The van der Waals surface area contributed by atoms with E-state index in [1.165, 1.54) is 21.3 Å². The summed E-state index contributed by atoms with van der Waals surface area (Å²) in [6.07, 6.45) is 5.29. The zero-order valence-corrected chi connectivity index (χ0v) is 33.2. The maximum atomic E-state index is 12.7. The number of rotatable bonds is 8. The van der Waals surface area contributed by atoms with Crippen LogP contribution in [0.1, 0.15) is 27.7 Å². The van der Waals surface area contributed by atoms with E-state index in [1.807, 2.05) is 12.1 Å². The molecule has 0 bridgehead atoms. The molecule has 0 unspecified atom stereocenters. The summed E-state index contributed by atoms with van der Waals surface area (Å²) in [5.74, 6) is 0. The summed E-state index contributed by atoms with van der Waals surface area (Å²) in [7, 11) is 0. The second-order valence-electron chi connectivity index (χ2n) is 14.2. The first-order chi connectivity index (χ1) is 32.6. The minimum absolute atomic E-state index is 0.199. The van der Waals surface area contributed by atoms with Gasteiger partial charge in [-0.1, -0.05) is 24.3 Å². The molecule has 6 N–H and O–H groups in total. The van der Waals surface area contributed by atoms with E-state index in [-0.39, 0.29) is 5.69 Å². The number of amides is 4. The van der Waals surface area contributed by atoms with Crippen molar-refractivity contribution in [3.8, 4) is 6.07 Å². The Morgan fingerprint density at radius 2 is 1.11 bits per heavy atom. The van der Waals surface area contributed by atoms with Crippen LogP contribution >= 0.6 is 0 Å². The first kappa shape index (κ1) is 35.9. The Bertz CT molecular complexity index is 3560. The van der Waals surface area contributed by atoms with Gasteiger partial charge in [-0.25, -0.2) is 19.6 Å². The molecule has 0 saturated heterocycles. The molecule has 6 aromatic heterocycles. The van der Waals surface area contributed by atoms with Crippen LogP contribution in [0.15, 0.2) is 159 Å². The van der Waals surface area contributed by atoms with E-state index in [4.69, 9.17) is 5.48 Å². The fraction of sp³-hybridized carbons (Fsp3) is 0.0625. The Morgan fingerprint density at radius 1 is 0.609 bits per heavy atom. The number of H-pyrrole nitrogens is 2. The largest absolute Gasteiger partial charge is 0.416 e. The van der Waals surface area contributed by atoms with Gasteiger partial charge in [-0.05, 0) is 108 Å². The number of benzene rings is 4. The normalized spacial score (nSPS) is 12.7. The molecule has 10 rings (SSSR count). The molecule has 64 heavy (non-hydrogen) atoms. The quantitative estimate of drug-likeness (QED) is 0.0891. The van der Waals surface area contributed by atoms with E-state index in [1.54, 1.807) is 128 Å². The van der Waals surface area contributed by atoms with Crippen molar-refractivity contribution in [2.75, 3.05) is 21.3 Å². The molecule has 10 aromatic rings. The van der Waals surface area contributed by atoms with Crippen LogP contribution < -0.4 is 21.3 Å². The smallest absolute Gasteiger partial charge is 0.346 e. The number of aromatic nitrogens is 6. The average Bonchev–Trinajstić information content (AvgIpc) is 4.15. The molecule has 13 nitrogen and oxygen atoms in total. The molecule has 0 radical (unpaired) electrons. The average molecular weight is 860 g/mol. The second kappa shape index (κ2) is 17.3. The molecule has 0 aliphatic heterocycles. The van der Waals surface area contributed by atoms with Crippen molar-refractivity contribution >= 4 is 78.7 Å². The zero-order chi connectivity index (χ0) is 47.8. The molecule has 4 amide bonds. The van der Waals surface area contributed by atoms with E-state index >= 15 is 0 Å². The third-order valence-electron chi connectivity index (χ3n) is 10.1. The Balaban J connectivity index is 0.000000170. The van der Waals surface area contributed by atoms with E-state index in [9.17, 15) is 28.0 Å². The number of pyridine rings is 2. The van der Waals surface area contributed by atoms with E-state index < -0.39 is 36.8 Å². The van der Waals surface area contributed by atoms with Gasteiger partial charge >= 0.3 is 18.2 Å².